The van der Waals surface area contributed by atoms with E-state index in [4.69, 9.17) is 15.5 Å². The molecule has 2 unspecified atom stereocenters. The molecule has 2 N–H and O–H groups in total. The molecule has 264 valence electrons. The number of hydrogen-bond donors (Lipinski definition) is 1. The third-order valence-electron chi connectivity index (χ3n) is 11.0. The van der Waals surface area contributed by atoms with Gasteiger partial charge in [-0.2, -0.15) is 20.5 Å². The van der Waals surface area contributed by atoms with Crippen molar-refractivity contribution in [1.29, 1.82) is 10.5 Å². The highest BCUT2D eigenvalue weighted by Gasteiger charge is 2.50. The second-order valence-corrected chi connectivity index (χ2v) is 14.9. The largest absolute Gasteiger partial charge is 0.461 e. The molecule has 4 aliphatic rings. The number of hydrogen-bond acceptors (Lipinski definition) is 12. The predicted molar refractivity (Wildman–Crippen MR) is 184 cm³/mol. The van der Waals surface area contributed by atoms with Crippen LogP contribution in [0.15, 0.2) is 30.7 Å². The number of imidazole rings is 1. The van der Waals surface area contributed by atoms with Gasteiger partial charge in [0.25, 0.3) is 0 Å². The van der Waals surface area contributed by atoms with Gasteiger partial charge in [-0.15, -0.1) is 11.3 Å². The molecule has 4 aromatic heterocycles. The number of nitrogen functional groups attached to an aromatic ring is 1. The quantitative estimate of drug-likeness (QED) is 0.260. The van der Waals surface area contributed by atoms with Crippen LogP contribution < -0.4 is 15.4 Å². The van der Waals surface area contributed by atoms with Crippen LogP contribution >= 0.6 is 11.3 Å². The minimum atomic E-state index is -0.971. The number of piperazine rings is 1. The second-order valence-electron chi connectivity index (χ2n) is 13.8. The van der Waals surface area contributed by atoms with Crippen molar-refractivity contribution in [2.75, 3.05) is 43.4 Å². The summed E-state index contributed by atoms with van der Waals surface area (Å²) < 4.78 is 54.0. The Morgan fingerprint density at radius 1 is 1.12 bits per heavy atom. The summed E-state index contributed by atoms with van der Waals surface area (Å²) in [5, 5.41) is 19.9. The molecule has 0 radical (unpaired) electrons. The number of fused-ring (bicyclic) bond motifs is 5. The fraction of sp³-hybridized carbons (Fsp3) is 0.400. The normalized spacial score (nSPS) is 24.1. The van der Waals surface area contributed by atoms with E-state index < -0.39 is 23.3 Å². The first-order valence-electron chi connectivity index (χ1n) is 17.0. The van der Waals surface area contributed by atoms with Crippen molar-refractivity contribution in [3.8, 4) is 29.4 Å². The number of amides is 1. The molecule has 5 aromatic rings. The van der Waals surface area contributed by atoms with E-state index in [1.807, 2.05) is 17.0 Å². The number of carbonyl (C=O) groups is 1. The van der Waals surface area contributed by atoms with Crippen molar-refractivity contribution in [3.63, 3.8) is 0 Å². The van der Waals surface area contributed by atoms with E-state index in [2.05, 4.69) is 19.9 Å². The minimum absolute atomic E-state index is 0.000123. The Labute approximate surface area is 298 Å². The number of nitriles is 2. The molecular weight excluding hydrogens is 696 g/mol. The van der Waals surface area contributed by atoms with Crippen LogP contribution in [0.25, 0.3) is 32.2 Å². The number of pyridine rings is 1. The molecule has 4 saturated heterocycles. The van der Waals surface area contributed by atoms with E-state index in [0.29, 0.717) is 50.1 Å². The lowest BCUT2D eigenvalue weighted by atomic mass is 9.95. The molecule has 4 atom stereocenters. The number of rotatable bonds is 5. The average molecular weight is 726 g/mol. The third kappa shape index (κ3) is 4.86. The zero-order valence-corrected chi connectivity index (χ0v) is 28.4. The van der Waals surface area contributed by atoms with Crippen molar-refractivity contribution in [2.45, 2.75) is 55.9 Å². The number of ether oxygens (including phenoxy) is 1. The van der Waals surface area contributed by atoms with Crippen molar-refractivity contribution in [1.82, 2.24) is 34.3 Å². The summed E-state index contributed by atoms with van der Waals surface area (Å²) in [4.78, 5) is 37.3. The van der Waals surface area contributed by atoms with Crippen molar-refractivity contribution in [3.05, 3.63) is 53.7 Å². The zero-order valence-electron chi connectivity index (χ0n) is 27.6. The molecule has 9 rings (SSSR count). The number of aromatic nitrogens is 5. The lowest BCUT2D eigenvalue weighted by Crippen LogP contribution is -2.57. The molecule has 4 aliphatic heterocycles. The molecule has 0 spiro atoms. The maximum absolute atomic E-state index is 16.9. The van der Waals surface area contributed by atoms with Gasteiger partial charge in [-0.05, 0) is 44.4 Å². The van der Waals surface area contributed by atoms with Crippen LogP contribution in [0.3, 0.4) is 0 Å². The monoisotopic (exact) mass is 725 g/mol. The summed E-state index contributed by atoms with van der Waals surface area (Å²) in [6.07, 6.45) is 6.78. The second kappa shape index (κ2) is 12.0. The molecule has 17 heteroatoms. The Morgan fingerprint density at radius 3 is 2.69 bits per heavy atom. The van der Waals surface area contributed by atoms with E-state index in [-0.39, 0.29) is 74.0 Å². The van der Waals surface area contributed by atoms with Gasteiger partial charge in [-0.3, -0.25) is 9.88 Å². The first-order valence-corrected chi connectivity index (χ1v) is 17.8. The Bertz CT molecular complexity index is 2370. The van der Waals surface area contributed by atoms with Crippen molar-refractivity contribution < 1.29 is 22.7 Å². The summed E-state index contributed by atoms with van der Waals surface area (Å²) in [6, 6.07) is 5.62. The molecule has 13 nitrogen and oxygen atoms in total. The number of benzene rings is 1. The van der Waals surface area contributed by atoms with Gasteiger partial charge in [-0.25, -0.2) is 27.5 Å². The summed E-state index contributed by atoms with van der Waals surface area (Å²) in [6.45, 7) is 1.93. The van der Waals surface area contributed by atoms with Crippen molar-refractivity contribution in [2.24, 2.45) is 0 Å². The molecule has 4 fully saturated rings. The van der Waals surface area contributed by atoms with Gasteiger partial charge >= 0.3 is 12.0 Å². The number of nitrogens with two attached hydrogens (primary N) is 1. The van der Waals surface area contributed by atoms with Gasteiger partial charge in [0.15, 0.2) is 5.82 Å². The molecule has 1 amide bonds. The Kier molecular flexibility index (Phi) is 7.49. The van der Waals surface area contributed by atoms with Crippen molar-refractivity contribution >= 4 is 49.2 Å². The summed E-state index contributed by atoms with van der Waals surface area (Å²) in [7, 11) is 0. The lowest BCUT2D eigenvalue weighted by Gasteiger charge is -2.41. The van der Waals surface area contributed by atoms with Crippen LogP contribution in [0.4, 0.5) is 28.8 Å². The standard InChI is InChI=1S/C35H30F3N11O2S/c36-18-10-35(6-1-8-47(35)14-18)17-51-33-44-29-23(13-43-28(27(29)38)21-4-5-24(37)30-26(21)22(11-39)31(41)52-30)32(45-33)46-15-19-2-3-20(16-46)49(19)34(50)48-9-7-42-25(48)12-40/h4-5,7,9,13,18-20H,1-3,6,8,10,14-17,41H2/t18-,19?,20?,35+/m1/s1. The van der Waals surface area contributed by atoms with Crippen LogP contribution in [0.5, 0.6) is 6.01 Å². The average Bonchev–Trinajstić information content (AvgIpc) is 3.95. The molecule has 1 aromatic carbocycles. The van der Waals surface area contributed by atoms with Gasteiger partial charge in [0, 0.05) is 55.6 Å². The molecule has 52 heavy (non-hydrogen) atoms. The molecule has 8 heterocycles. The smallest absolute Gasteiger partial charge is 0.331 e. The lowest BCUT2D eigenvalue weighted by molar-refractivity contribution is 0.107. The van der Waals surface area contributed by atoms with Crippen LogP contribution in [0.1, 0.15) is 43.5 Å². The Balaban J connectivity index is 1.13. The number of halogens is 3. The Morgan fingerprint density at radius 2 is 1.92 bits per heavy atom. The third-order valence-corrected chi connectivity index (χ3v) is 12.0. The number of thiophene rings is 1. The highest BCUT2D eigenvalue weighted by molar-refractivity contribution is 7.23. The van der Waals surface area contributed by atoms with E-state index in [0.717, 1.165) is 30.7 Å². The minimum Gasteiger partial charge on any atom is -0.461 e. The van der Waals surface area contributed by atoms with E-state index >= 15 is 4.39 Å². The molecule has 2 bridgehead atoms. The number of alkyl halides is 1. The van der Waals surface area contributed by atoms with Crippen LogP contribution in [-0.2, 0) is 0 Å². The SMILES string of the molecule is N#Cc1c(N)sc2c(F)ccc(-c3ncc4c(N5CC6CCC(C5)N6C(=O)n5ccnc5C#N)nc(OC[C@@]56CCCN5C[C@H](F)C6)nc4c3F)c12. The Hall–Kier alpha value is -5.52. The fourth-order valence-electron chi connectivity index (χ4n) is 8.71. The first-order chi connectivity index (χ1) is 25.2. The summed E-state index contributed by atoms with van der Waals surface area (Å²) in [5.41, 5.74) is 5.53. The van der Waals surface area contributed by atoms with Gasteiger partial charge in [0.1, 0.15) is 52.8 Å². The van der Waals surface area contributed by atoms with Gasteiger partial charge in [0.05, 0.1) is 33.3 Å². The maximum Gasteiger partial charge on any atom is 0.331 e. The van der Waals surface area contributed by atoms with Gasteiger partial charge < -0.3 is 20.3 Å². The van der Waals surface area contributed by atoms with E-state index in [1.165, 1.54) is 35.3 Å². The topological polar surface area (TPSA) is 166 Å². The van der Waals surface area contributed by atoms with Crippen LogP contribution in [-0.4, -0.2) is 96.9 Å². The van der Waals surface area contributed by atoms with Crippen LogP contribution in [0.2, 0.25) is 0 Å². The zero-order chi connectivity index (χ0) is 35.9. The van der Waals surface area contributed by atoms with E-state index in [1.54, 1.807) is 4.90 Å². The molecule has 0 aliphatic carbocycles. The van der Waals surface area contributed by atoms with Gasteiger partial charge in [0.2, 0.25) is 5.82 Å². The maximum atomic E-state index is 16.9. The van der Waals surface area contributed by atoms with E-state index in [9.17, 15) is 24.1 Å². The summed E-state index contributed by atoms with van der Waals surface area (Å²) in [5.74, 6) is -1.05. The predicted octanol–water partition coefficient (Wildman–Crippen LogP) is 4.98. The first kappa shape index (κ1) is 32.4. The fourth-order valence-corrected chi connectivity index (χ4v) is 9.66. The number of anilines is 2. The van der Waals surface area contributed by atoms with Gasteiger partial charge in [-0.1, -0.05) is 0 Å². The molecular formula is C35H30F3N11O2S. The van der Waals surface area contributed by atoms with Crippen LogP contribution in [0, 0.1) is 34.3 Å². The number of nitrogens with zero attached hydrogens (tertiary/aromatic N) is 10. The summed E-state index contributed by atoms with van der Waals surface area (Å²) >= 11 is 0.905. The molecule has 0 saturated carbocycles. The highest BCUT2D eigenvalue weighted by atomic mass is 32.1. The highest BCUT2D eigenvalue weighted by Crippen LogP contribution is 2.44. The number of carbonyl (C=O) groups excluding carboxylic acids is 1.